The van der Waals surface area contributed by atoms with Crippen LogP contribution in [0.2, 0.25) is 5.02 Å². The minimum absolute atomic E-state index is 0.565. The number of fused-ring (bicyclic) bond motifs is 1. The number of halogens is 1. The molecule has 0 saturated heterocycles. The van der Waals surface area contributed by atoms with Crippen LogP contribution in [-0.2, 0) is 0 Å². The van der Waals surface area contributed by atoms with E-state index in [0.717, 1.165) is 40.2 Å². The first-order valence-corrected chi connectivity index (χ1v) is 8.48. The van der Waals surface area contributed by atoms with Crippen molar-refractivity contribution in [1.29, 1.82) is 0 Å². The lowest BCUT2D eigenvalue weighted by Gasteiger charge is -2.07. The Bertz CT molecular complexity index is 1010. The van der Waals surface area contributed by atoms with Gasteiger partial charge in [0.2, 0.25) is 5.71 Å². The summed E-state index contributed by atoms with van der Waals surface area (Å²) in [6.45, 7) is 2.80. The molecule has 0 amide bonds. The number of aromatic nitrogens is 2. The van der Waals surface area contributed by atoms with Crippen molar-refractivity contribution >= 4 is 28.5 Å². The Morgan fingerprint density at radius 3 is 2.44 bits per heavy atom. The Kier molecular flexibility index (Phi) is 4.12. The summed E-state index contributed by atoms with van der Waals surface area (Å²) < 4.78 is 6.13. The van der Waals surface area contributed by atoms with Gasteiger partial charge in [0.15, 0.2) is 0 Å². The molecule has 4 aromatic rings. The summed E-state index contributed by atoms with van der Waals surface area (Å²) in [5.74, 6) is 1.54. The smallest absolute Gasteiger partial charge is 0.232 e. The molecule has 2 aromatic heterocycles. The van der Waals surface area contributed by atoms with E-state index in [1.807, 2.05) is 61.5 Å². The van der Waals surface area contributed by atoms with Crippen LogP contribution in [0.25, 0.3) is 33.6 Å². The van der Waals surface area contributed by atoms with Gasteiger partial charge in [-0.05, 0) is 24.6 Å². The molecular weight excluding hydrogens is 334 g/mol. The van der Waals surface area contributed by atoms with E-state index < -0.39 is 0 Å². The fraction of sp³-hybridized carbons (Fsp3) is 0.100. The first kappa shape index (κ1) is 15.7. The maximum atomic E-state index is 6.13. The van der Waals surface area contributed by atoms with E-state index in [4.69, 9.17) is 16.0 Å². The standard InChI is InChI=1S/C20H16ClN3O/c1-2-22-19-17-16(13-8-10-15(21)11-9-13)18(14-6-4-3-5-7-14)25-20(17)24-12-23-19/h3-12H,2H2,1H3,(H,22,23,24). The molecule has 0 fully saturated rings. The van der Waals surface area contributed by atoms with Crippen LogP contribution in [0.5, 0.6) is 0 Å². The van der Waals surface area contributed by atoms with E-state index in [0.29, 0.717) is 10.7 Å². The quantitative estimate of drug-likeness (QED) is 0.517. The summed E-state index contributed by atoms with van der Waals surface area (Å²) in [6.07, 6.45) is 1.52. The molecule has 2 aromatic carbocycles. The molecule has 2 heterocycles. The van der Waals surface area contributed by atoms with Crippen LogP contribution in [0, 0.1) is 0 Å². The third-order valence-electron chi connectivity index (χ3n) is 4.00. The monoisotopic (exact) mass is 349 g/mol. The molecular formula is C20H16ClN3O. The zero-order chi connectivity index (χ0) is 17.2. The number of nitrogens with zero attached hydrogens (tertiary/aromatic N) is 2. The van der Waals surface area contributed by atoms with Gasteiger partial charge in [0.05, 0.1) is 5.39 Å². The Morgan fingerprint density at radius 2 is 1.72 bits per heavy atom. The lowest BCUT2D eigenvalue weighted by molar-refractivity contribution is 0.618. The van der Waals surface area contributed by atoms with Crippen molar-refractivity contribution in [1.82, 2.24) is 9.97 Å². The zero-order valence-corrected chi connectivity index (χ0v) is 14.4. The van der Waals surface area contributed by atoms with Crippen molar-refractivity contribution in [3.63, 3.8) is 0 Å². The van der Waals surface area contributed by atoms with Gasteiger partial charge in [-0.2, -0.15) is 0 Å². The van der Waals surface area contributed by atoms with Crippen molar-refractivity contribution in [2.75, 3.05) is 11.9 Å². The highest BCUT2D eigenvalue weighted by Crippen LogP contribution is 2.42. The number of furan rings is 1. The predicted molar refractivity (Wildman–Crippen MR) is 102 cm³/mol. The second-order valence-corrected chi connectivity index (χ2v) is 6.05. The normalized spacial score (nSPS) is 11.0. The van der Waals surface area contributed by atoms with Crippen LogP contribution < -0.4 is 5.32 Å². The summed E-state index contributed by atoms with van der Waals surface area (Å²) in [5, 5.41) is 4.88. The molecule has 0 aliphatic rings. The van der Waals surface area contributed by atoms with Gasteiger partial charge in [0, 0.05) is 22.7 Å². The first-order chi connectivity index (χ1) is 12.3. The third kappa shape index (κ3) is 2.85. The van der Waals surface area contributed by atoms with Crippen LogP contribution in [0.15, 0.2) is 65.3 Å². The Labute approximate surface area is 150 Å². The number of benzene rings is 2. The molecule has 4 nitrogen and oxygen atoms in total. The van der Waals surface area contributed by atoms with Gasteiger partial charge in [-0.1, -0.05) is 54.1 Å². The molecule has 1 N–H and O–H groups in total. The van der Waals surface area contributed by atoms with Gasteiger partial charge >= 0.3 is 0 Å². The van der Waals surface area contributed by atoms with Crippen LogP contribution in [0.4, 0.5) is 5.82 Å². The van der Waals surface area contributed by atoms with E-state index >= 15 is 0 Å². The Morgan fingerprint density at radius 1 is 0.960 bits per heavy atom. The van der Waals surface area contributed by atoms with E-state index in [2.05, 4.69) is 15.3 Å². The van der Waals surface area contributed by atoms with Crippen LogP contribution >= 0.6 is 11.6 Å². The van der Waals surface area contributed by atoms with E-state index in [-0.39, 0.29) is 0 Å². The summed E-state index contributed by atoms with van der Waals surface area (Å²) in [5.41, 5.74) is 3.54. The van der Waals surface area contributed by atoms with Gasteiger partial charge in [-0.3, -0.25) is 0 Å². The molecule has 124 valence electrons. The van der Waals surface area contributed by atoms with Crippen molar-refractivity contribution in [3.05, 3.63) is 65.9 Å². The second-order valence-electron chi connectivity index (χ2n) is 5.61. The van der Waals surface area contributed by atoms with Gasteiger partial charge < -0.3 is 9.73 Å². The molecule has 0 aliphatic carbocycles. The predicted octanol–water partition coefficient (Wildman–Crippen LogP) is 5.64. The molecule has 0 atom stereocenters. The Balaban J connectivity index is 2.06. The maximum absolute atomic E-state index is 6.13. The maximum Gasteiger partial charge on any atom is 0.232 e. The van der Waals surface area contributed by atoms with E-state index in [1.165, 1.54) is 6.33 Å². The number of hydrogen-bond acceptors (Lipinski definition) is 4. The fourth-order valence-electron chi connectivity index (χ4n) is 2.92. The summed E-state index contributed by atoms with van der Waals surface area (Å²) in [7, 11) is 0. The number of anilines is 1. The summed E-state index contributed by atoms with van der Waals surface area (Å²) >= 11 is 6.07. The second kappa shape index (κ2) is 6.57. The molecule has 5 heteroatoms. The number of rotatable bonds is 4. The van der Waals surface area contributed by atoms with E-state index in [9.17, 15) is 0 Å². The molecule has 0 unspecified atom stereocenters. The highest BCUT2D eigenvalue weighted by Gasteiger charge is 2.21. The minimum atomic E-state index is 0.565. The van der Waals surface area contributed by atoms with Crippen molar-refractivity contribution in [2.45, 2.75) is 6.92 Å². The largest absolute Gasteiger partial charge is 0.437 e. The lowest BCUT2D eigenvalue weighted by Crippen LogP contribution is -2.00. The minimum Gasteiger partial charge on any atom is -0.437 e. The average Bonchev–Trinajstić information content (AvgIpc) is 3.04. The molecule has 0 saturated carbocycles. The van der Waals surface area contributed by atoms with Gasteiger partial charge in [0.1, 0.15) is 17.9 Å². The molecule has 0 bridgehead atoms. The van der Waals surface area contributed by atoms with Crippen LogP contribution in [0.3, 0.4) is 0 Å². The fourth-order valence-corrected chi connectivity index (χ4v) is 3.05. The van der Waals surface area contributed by atoms with Crippen molar-refractivity contribution in [3.8, 4) is 22.5 Å². The molecule has 25 heavy (non-hydrogen) atoms. The lowest BCUT2D eigenvalue weighted by atomic mass is 9.99. The van der Waals surface area contributed by atoms with Gasteiger partial charge in [-0.15, -0.1) is 0 Å². The topological polar surface area (TPSA) is 51.0 Å². The number of nitrogens with one attached hydrogen (secondary N) is 1. The first-order valence-electron chi connectivity index (χ1n) is 8.10. The summed E-state index contributed by atoms with van der Waals surface area (Å²) in [6, 6.07) is 17.7. The van der Waals surface area contributed by atoms with Crippen LogP contribution in [0.1, 0.15) is 6.92 Å². The molecule has 0 spiro atoms. The van der Waals surface area contributed by atoms with Gasteiger partial charge in [0.25, 0.3) is 0 Å². The highest BCUT2D eigenvalue weighted by atomic mass is 35.5. The van der Waals surface area contributed by atoms with Crippen LogP contribution in [-0.4, -0.2) is 16.5 Å². The van der Waals surface area contributed by atoms with E-state index in [1.54, 1.807) is 0 Å². The highest BCUT2D eigenvalue weighted by molar-refractivity contribution is 6.30. The molecule has 0 radical (unpaired) electrons. The van der Waals surface area contributed by atoms with Crippen molar-refractivity contribution in [2.24, 2.45) is 0 Å². The third-order valence-corrected chi connectivity index (χ3v) is 4.25. The molecule has 0 aliphatic heterocycles. The van der Waals surface area contributed by atoms with Gasteiger partial charge in [-0.25, -0.2) is 9.97 Å². The Hall–Kier alpha value is -2.85. The molecule has 4 rings (SSSR count). The SMILES string of the molecule is CCNc1ncnc2oc(-c3ccccc3)c(-c3ccc(Cl)cc3)c12. The zero-order valence-electron chi connectivity index (χ0n) is 13.7. The summed E-state index contributed by atoms with van der Waals surface area (Å²) in [4.78, 5) is 8.73. The number of hydrogen-bond donors (Lipinski definition) is 1. The average molecular weight is 350 g/mol. The van der Waals surface area contributed by atoms with Crippen molar-refractivity contribution < 1.29 is 4.42 Å².